The number of ether oxygens (including phenoxy) is 1. The zero-order valence-electron chi connectivity index (χ0n) is 12.5. The van der Waals surface area contributed by atoms with Crippen molar-refractivity contribution in [2.45, 2.75) is 64.0 Å². The Morgan fingerprint density at radius 2 is 2.05 bits per heavy atom. The molecule has 0 aromatic carbocycles. The number of unbranched alkanes of at least 4 members (excludes halogenated alkanes) is 1. The molecule has 1 aliphatic heterocycles. The summed E-state index contributed by atoms with van der Waals surface area (Å²) in [6.07, 6.45) is 8.87. The Balaban J connectivity index is 0.00000200. The number of carbonyl (C=O) groups excluding carboxylic acids is 1. The maximum absolute atomic E-state index is 12.1. The van der Waals surface area contributed by atoms with E-state index in [1.165, 1.54) is 32.1 Å². The quantitative estimate of drug-likeness (QED) is 0.819. The summed E-state index contributed by atoms with van der Waals surface area (Å²) in [4.78, 5) is 12.1. The Bertz CT molecular complexity index is 275. The summed E-state index contributed by atoms with van der Waals surface area (Å²) in [6, 6.07) is 0.237. The zero-order valence-corrected chi connectivity index (χ0v) is 13.3. The predicted molar refractivity (Wildman–Crippen MR) is 83.3 cm³/mol. The van der Waals surface area contributed by atoms with Crippen molar-refractivity contribution in [3.63, 3.8) is 0 Å². The minimum Gasteiger partial charge on any atom is -0.378 e. The highest BCUT2D eigenvalue weighted by molar-refractivity contribution is 5.85. The van der Waals surface area contributed by atoms with Crippen molar-refractivity contribution in [2.24, 2.45) is 5.92 Å². The van der Waals surface area contributed by atoms with Gasteiger partial charge in [0, 0.05) is 12.6 Å². The number of nitrogens with one attached hydrogen (secondary N) is 2. The van der Waals surface area contributed by atoms with Crippen LogP contribution >= 0.6 is 12.4 Å². The molecule has 2 fully saturated rings. The van der Waals surface area contributed by atoms with Gasteiger partial charge >= 0.3 is 0 Å². The highest BCUT2D eigenvalue weighted by atomic mass is 35.5. The lowest BCUT2D eigenvalue weighted by atomic mass is 9.83. The maximum Gasteiger partial charge on any atom is 0.239 e. The third kappa shape index (κ3) is 5.58. The van der Waals surface area contributed by atoms with Gasteiger partial charge in [-0.3, -0.25) is 4.79 Å². The van der Waals surface area contributed by atoms with Crippen LogP contribution in [0.5, 0.6) is 0 Å². The van der Waals surface area contributed by atoms with E-state index in [0.29, 0.717) is 19.3 Å². The van der Waals surface area contributed by atoms with E-state index in [4.69, 9.17) is 4.74 Å². The average molecular weight is 305 g/mol. The van der Waals surface area contributed by atoms with Crippen molar-refractivity contribution in [2.75, 3.05) is 19.8 Å². The van der Waals surface area contributed by atoms with E-state index < -0.39 is 0 Å². The second-order valence-electron chi connectivity index (χ2n) is 5.95. The molecule has 20 heavy (non-hydrogen) atoms. The zero-order chi connectivity index (χ0) is 13.5. The third-order valence-electron chi connectivity index (χ3n) is 4.40. The van der Waals surface area contributed by atoms with Crippen molar-refractivity contribution in [3.05, 3.63) is 0 Å². The smallest absolute Gasteiger partial charge is 0.239 e. The molecule has 0 bridgehead atoms. The van der Waals surface area contributed by atoms with Crippen molar-refractivity contribution >= 4 is 18.3 Å². The number of amides is 1. The maximum atomic E-state index is 12.1. The summed E-state index contributed by atoms with van der Waals surface area (Å²) in [5.41, 5.74) is 0. The fraction of sp³-hybridized carbons (Fsp3) is 0.933. The highest BCUT2D eigenvalue weighted by Gasteiger charge is 2.26. The molecule has 118 valence electrons. The molecule has 1 aliphatic carbocycles. The van der Waals surface area contributed by atoms with E-state index in [1.54, 1.807) is 0 Å². The first-order chi connectivity index (χ1) is 9.29. The fourth-order valence-electron chi connectivity index (χ4n) is 3.12. The van der Waals surface area contributed by atoms with Gasteiger partial charge in [-0.05, 0) is 31.6 Å². The van der Waals surface area contributed by atoms with E-state index >= 15 is 0 Å². The molecule has 4 nitrogen and oxygen atoms in total. The molecule has 5 heteroatoms. The minimum absolute atomic E-state index is 0. The van der Waals surface area contributed by atoms with E-state index in [0.717, 1.165) is 25.3 Å². The van der Waals surface area contributed by atoms with Crippen LogP contribution in [0, 0.1) is 5.92 Å². The van der Waals surface area contributed by atoms with Gasteiger partial charge in [0.05, 0.1) is 13.2 Å². The second-order valence-corrected chi connectivity index (χ2v) is 5.95. The van der Waals surface area contributed by atoms with Crippen LogP contribution in [0.2, 0.25) is 0 Å². The lowest BCUT2D eigenvalue weighted by Gasteiger charge is -2.31. The summed E-state index contributed by atoms with van der Waals surface area (Å²) >= 11 is 0. The van der Waals surface area contributed by atoms with Crippen molar-refractivity contribution < 1.29 is 9.53 Å². The van der Waals surface area contributed by atoms with E-state index in [-0.39, 0.29) is 24.4 Å². The van der Waals surface area contributed by atoms with Crippen LogP contribution in [0.15, 0.2) is 0 Å². The summed E-state index contributed by atoms with van der Waals surface area (Å²) in [5.74, 6) is 1.01. The minimum atomic E-state index is -0.147. The summed E-state index contributed by atoms with van der Waals surface area (Å²) < 4.78 is 5.33. The predicted octanol–water partition coefficient (Wildman–Crippen LogP) is 2.26. The summed E-state index contributed by atoms with van der Waals surface area (Å²) in [5, 5.41) is 6.39. The van der Waals surface area contributed by atoms with Gasteiger partial charge in [-0.15, -0.1) is 12.4 Å². The molecule has 1 amide bonds. The first-order valence-electron chi connectivity index (χ1n) is 7.91. The monoisotopic (exact) mass is 304 g/mol. The van der Waals surface area contributed by atoms with E-state index in [1.807, 2.05) is 0 Å². The molecule has 0 spiro atoms. The molecule has 1 saturated carbocycles. The molecule has 2 rings (SSSR count). The van der Waals surface area contributed by atoms with Crippen LogP contribution in [-0.4, -0.2) is 37.7 Å². The number of morpholine rings is 1. The van der Waals surface area contributed by atoms with Gasteiger partial charge in [-0.1, -0.05) is 26.2 Å². The van der Waals surface area contributed by atoms with E-state index in [2.05, 4.69) is 17.6 Å². The summed E-state index contributed by atoms with van der Waals surface area (Å²) in [6.45, 7) is 4.26. The average Bonchev–Trinajstić information content (AvgIpc) is 2.47. The molecule has 1 unspecified atom stereocenters. The van der Waals surface area contributed by atoms with Gasteiger partial charge in [0.15, 0.2) is 0 Å². The fourth-order valence-corrected chi connectivity index (χ4v) is 3.12. The van der Waals surface area contributed by atoms with Gasteiger partial charge in [-0.25, -0.2) is 0 Å². The Hall–Kier alpha value is -0.320. The Kier molecular flexibility index (Phi) is 8.50. The first kappa shape index (κ1) is 17.7. The molecular formula is C15H29ClN2O2. The number of rotatable bonds is 5. The van der Waals surface area contributed by atoms with Gasteiger partial charge in [0.2, 0.25) is 5.91 Å². The van der Waals surface area contributed by atoms with Crippen molar-refractivity contribution in [3.8, 4) is 0 Å². The van der Waals surface area contributed by atoms with Crippen LogP contribution in [0.25, 0.3) is 0 Å². The number of hydrogen-bond donors (Lipinski definition) is 2. The first-order valence-corrected chi connectivity index (χ1v) is 7.91. The SMILES string of the molecule is CCCCC1CCC(NC(=O)C2COCCN2)CC1.Cl. The Labute approximate surface area is 128 Å². The number of carbonyl (C=O) groups is 1. The van der Waals surface area contributed by atoms with E-state index in [9.17, 15) is 4.79 Å². The lowest BCUT2D eigenvalue weighted by Crippen LogP contribution is -2.53. The van der Waals surface area contributed by atoms with Crippen LogP contribution in [0.3, 0.4) is 0 Å². The van der Waals surface area contributed by atoms with Crippen LogP contribution in [0.4, 0.5) is 0 Å². The number of halogens is 1. The molecule has 2 aliphatic rings. The van der Waals surface area contributed by atoms with Crippen molar-refractivity contribution in [1.29, 1.82) is 0 Å². The van der Waals surface area contributed by atoms with Crippen LogP contribution in [-0.2, 0) is 9.53 Å². The number of hydrogen-bond acceptors (Lipinski definition) is 3. The van der Waals surface area contributed by atoms with Gasteiger partial charge in [-0.2, -0.15) is 0 Å². The molecule has 1 atom stereocenters. The molecule has 2 N–H and O–H groups in total. The summed E-state index contributed by atoms with van der Waals surface area (Å²) in [7, 11) is 0. The third-order valence-corrected chi connectivity index (χ3v) is 4.40. The normalized spacial score (nSPS) is 30.4. The van der Waals surface area contributed by atoms with Crippen LogP contribution in [0.1, 0.15) is 51.9 Å². The topological polar surface area (TPSA) is 50.4 Å². The molecule has 1 heterocycles. The standard InChI is InChI=1S/C15H28N2O2.ClH/c1-2-3-4-12-5-7-13(8-6-12)17-15(18)14-11-19-10-9-16-14;/h12-14,16H,2-11H2,1H3,(H,17,18);1H. The van der Waals surface area contributed by atoms with Gasteiger partial charge in [0.1, 0.15) is 6.04 Å². The largest absolute Gasteiger partial charge is 0.378 e. The molecule has 0 radical (unpaired) electrons. The second kappa shape index (κ2) is 9.59. The Morgan fingerprint density at radius 1 is 1.30 bits per heavy atom. The van der Waals surface area contributed by atoms with Gasteiger partial charge in [0.25, 0.3) is 0 Å². The molecule has 0 aromatic heterocycles. The highest BCUT2D eigenvalue weighted by Crippen LogP contribution is 2.28. The molecular weight excluding hydrogens is 276 g/mol. The van der Waals surface area contributed by atoms with Crippen LogP contribution < -0.4 is 10.6 Å². The van der Waals surface area contributed by atoms with Gasteiger partial charge < -0.3 is 15.4 Å². The molecule has 1 saturated heterocycles. The lowest BCUT2D eigenvalue weighted by molar-refractivity contribution is -0.126. The van der Waals surface area contributed by atoms with Crippen molar-refractivity contribution in [1.82, 2.24) is 10.6 Å². The molecule has 0 aromatic rings. The Morgan fingerprint density at radius 3 is 2.65 bits per heavy atom.